The van der Waals surface area contributed by atoms with Gasteiger partial charge in [-0.25, -0.2) is 4.98 Å². The fourth-order valence-corrected chi connectivity index (χ4v) is 4.69. The number of hydrogen-bond acceptors (Lipinski definition) is 5. The zero-order chi connectivity index (χ0) is 18.7. The summed E-state index contributed by atoms with van der Waals surface area (Å²) in [5.74, 6) is 2.06. The molecule has 0 bridgehead atoms. The van der Waals surface area contributed by atoms with Crippen LogP contribution in [0, 0.1) is 13.8 Å². The van der Waals surface area contributed by atoms with Crippen molar-refractivity contribution < 1.29 is 13.6 Å². The van der Waals surface area contributed by atoms with Gasteiger partial charge in [0.15, 0.2) is 10.9 Å². The quantitative estimate of drug-likeness (QED) is 0.484. The molecule has 1 aromatic carbocycles. The van der Waals surface area contributed by atoms with Crippen LogP contribution in [-0.2, 0) is 12.8 Å². The van der Waals surface area contributed by atoms with Gasteiger partial charge in [0.1, 0.15) is 17.1 Å². The lowest BCUT2D eigenvalue weighted by molar-refractivity contribution is 0.0967. The van der Waals surface area contributed by atoms with Gasteiger partial charge >= 0.3 is 0 Å². The Morgan fingerprint density at radius 1 is 1.19 bits per heavy atom. The van der Waals surface area contributed by atoms with E-state index in [9.17, 15) is 4.79 Å². The molecule has 0 saturated heterocycles. The van der Waals surface area contributed by atoms with Crippen LogP contribution in [0.2, 0.25) is 0 Å². The Hall–Kier alpha value is -2.86. The van der Waals surface area contributed by atoms with E-state index in [-0.39, 0.29) is 5.91 Å². The first-order valence-electron chi connectivity index (χ1n) is 8.88. The molecule has 0 aliphatic heterocycles. The Balaban J connectivity index is 1.53. The van der Waals surface area contributed by atoms with Gasteiger partial charge in [0, 0.05) is 34.9 Å². The Kier molecular flexibility index (Phi) is 3.52. The van der Waals surface area contributed by atoms with Gasteiger partial charge in [-0.3, -0.25) is 9.69 Å². The molecular formula is C21H18N2O3S. The smallest absolute Gasteiger partial charge is 0.295 e. The first-order valence-corrected chi connectivity index (χ1v) is 9.70. The van der Waals surface area contributed by atoms with Crippen molar-refractivity contribution in [1.29, 1.82) is 0 Å². The highest BCUT2D eigenvalue weighted by Gasteiger charge is 2.28. The third kappa shape index (κ3) is 2.44. The Morgan fingerprint density at radius 2 is 2.00 bits per heavy atom. The van der Waals surface area contributed by atoms with E-state index in [1.807, 2.05) is 44.2 Å². The highest BCUT2D eigenvalue weighted by atomic mass is 32.1. The van der Waals surface area contributed by atoms with Crippen LogP contribution >= 0.6 is 11.3 Å². The van der Waals surface area contributed by atoms with E-state index in [2.05, 4.69) is 0 Å². The fraction of sp³-hybridized carbons (Fsp3) is 0.238. The minimum Gasteiger partial charge on any atom is -0.466 e. The predicted molar refractivity (Wildman–Crippen MR) is 106 cm³/mol. The lowest BCUT2D eigenvalue weighted by atomic mass is 10.0. The summed E-state index contributed by atoms with van der Waals surface area (Å²) < 4.78 is 11.6. The molecule has 0 saturated carbocycles. The molecule has 136 valence electrons. The van der Waals surface area contributed by atoms with Gasteiger partial charge in [0.05, 0.1) is 5.69 Å². The van der Waals surface area contributed by atoms with E-state index in [1.165, 1.54) is 4.88 Å². The highest BCUT2D eigenvalue weighted by Crippen LogP contribution is 2.40. The number of furan rings is 2. The van der Waals surface area contributed by atoms with Crippen molar-refractivity contribution in [1.82, 2.24) is 4.98 Å². The van der Waals surface area contributed by atoms with Crippen LogP contribution in [0.1, 0.15) is 32.5 Å². The monoisotopic (exact) mass is 378 g/mol. The molecule has 5 nitrogen and oxygen atoms in total. The van der Waals surface area contributed by atoms with Gasteiger partial charge in [-0.15, -0.1) is 11.3 Å². The number of rotatable bonds is 2. The van der Waals surface area contributed by atoms with E-state index >= 15 is 0 Å². The van der Waals surface area contributed by atoms with E-state index in [1.54, 1.807) is 23.3 Å². The Bertz CT molecular complexity index is 1200. The second-order valence-corrected chi connectivity index (χ2v) is 7.94. The van der Waals surface area contributed by atoms with Gasteiger partial charge in [-0.2, -0.15) is 0 Å². The number of aryl methyl sites for hydroxylation is 4. The molecule has 3 heterocycles. The van der Waals surface area contributed by atoms with Crippen molar-refractivity contribution in [2.24, 2.45) is 0 Å². The largest absolute Gasteiger partial charge is 0.466 e. The lowest BCUT2D eigenvalue weighted by Gasteiger charge is -2.12. The van der Waals surface area contributed by atoms with Crippen molar-refractivity contribution in [3.05, 3.63) is 58.1 Å². The van der Waals surface area contributed by atoms with Crippen LogP contribution in [0.5, 0.6) is 0 Å². The number of fused-ring (bicyclic) bond motifs is 4. The van der Waals surface area contributed by atoms with Gasteiger partial charge in [-0.1, -0.05) is 18.2 Å². The van der Waals surface area contributed by atoms with Crippen LogP contribution < -0.4 is 4.90 Å². The van der Waals surface area contributed by atoms with Crippen molar-refractivity contribution in [3.63, 3.8) is 0 Å². The van der Waals surface area contributed by atoms with Crippen LogP contribution in [0.3, 0.4) is 0 Å². The summed E-state index contributed by atoms with van der Waals surface area (Å²) in [5, 5.41) is 1.64. The molecule has 5 rings (SSSR count). The van der Waals surface area contributed by atoms with Crippen molar-refractivity contribution in [2.45, 2.75) is 26.7 Å². The van der Waals surface area contributed by atoms with Crippen molar-refractivity contribution in [3.8, 4) is 11.3 Å². The minimum atomic E-state index is -0.182. The van der Waals surface area contributed by atoms with Gasteiger partial charge in [0.25, 0.3) is 5.91 Å². The molecule has 0 fully saturated rings. The molecular weight excluding hydrogens is 360 g/mol. The number of aromatic nitrogens is 1. The zero-order valence-electron chi connectivity index (χ0n) is 15.3. The predicted octanol–water partition coefficient (Wildman–Crippen LogP) is 5.14. The molecule has 1 aliphatic rings. The van der Waals surface area contributed by atoms with Crippen molar-refractivity contribution in [2.75, 3.05) is 11.9 Å². The highest BCUT2D eigenvalue weighted by molar-refractivity contribution is 7.16. The van der Waals surface area contributed by atoms with Crippen LogP contribution in [0.15, 0.2) is 39.2 Å². The molecule has 3 aromatic heterocycles. The summed E-state index contributed by atoms with van der Waals surface area (Å²) >= 11 is 1.56. The third-order valence-corrected chi connectivity index (χ3v) is 6.27. The molecule has 6 heteroatoms. The molecule has 0 radical (unpaired) electrons. The number of benzene rings is 1. The standard InChI is InChI=1S/C21H18N2O3S/c1-11-10-14-16(25-11)8-9-17-18(14)22-21(27-17)23(3)20(24)19-12(2)13-6-4-5-7-15(13)26-19/h4-7,10H,8-9H2,1-3H3. The summed E-state index contributed by atoms with van der Waals surface area (Å²) in [6.07, 6.45) is 1.76. The van der Waals surface area contributed by atoms with Crippen LogP contribution in [0.25, 0.3) is 22.2 Å². The second-order valence-electron chi connectivity index (χ2n) is 6.88. The van der Waals surface area contributed by atoms with Crippen LogP contribution in [0.4, 0.5) is 5.13 Å². The van der Waals surface area contributed by atoms with Gasteiger partial charge in [0.2, 0.25) is 0 Å². The molecule has 0 spiro atoms. The molecule has 1 amide bonds. The van der Waals surface area contributed by atoms with E-state index in [0.29, 0.717) is 10.9 Å². The Labute approximate surface area is 160 Å². The van der Waals surface area contributed by atoms with E-state index in [4.69, 9.17) is 13.8 Å². The third-order valence-electron chi connectivity index (χ3n) is 5.08. The maximum absolute atomic E-state index is 13.1. The minimum absolute atomic E-state index is 0.182. The van der Waals surface area contributed by atoms with E-state index < -0.39 is 0 Å². The summed E-state index contributed by atoms with van der Waals surface area (Å²) in [6, 6.07) is 9.73. The Morgan fingerprint density at radius 3 is 2.81 bits per heavy atom. The first kappa shape index (κ1) is 16.3. The number of carbonyl (C=O) groups is 1. The van der Waals surface area contributed by atoms with Crippen molar-refractivity contribution >= 4 is 33.3 Å². The average Bonchev–Trinajstić information content (AvgIpc) is 3.35. The number of thiazole rings is 1. The fourth-order valence-electron chi connectivity index (χ4n) is 3.66. The number of carbonyl (C=O) groups excluding carboxylic acids is 1. The zero-order valence-corrected chi connectivity index (χ0v) is 16.1. The summed E-state index contributed by atoms with van der Waals surface area (Å²) in [6.45, 7) is 3.87. The molecule has 0 atom stereocenters. The maximum Gasteiger partial charge on any atom is 0.295 e. The normalized spacial score (nSPS) is 12.9. The number of anilines is 1. The average molecular weight is 378 g/mol. The SMILES string of the molecule is Cc1cc2c(o1)CCc1sc(N(C)C(=O)c3oc4ccccc4c3C)nc1-2. The molecule has 0 N–H and O–H groups in total. The second kappa shape index (κ2) is 5.82. The summed E-state index contributed by atoms with van der Waals surface area (Å²) in [5.41, 5.74) is 3.58. The molecule has 27 heavy (non-hydrogen) atoms. The maximum atomic E-state index is 13.1. The lowest BCUT2D eigenvalue weighted by Crippen LogP contribution is -2.26. The number of amides is 1. The number of nitrogens with zero attached hydrogens (tertiary/aromatic N) is 2. The summed E-state index contributed by atoms with van der Waals surface area (Å²) in [7, 11) is 1.75. The number of para-hydroxylation sites is 1. The molecule has 4 aromatic rings. The first-order chi connectivity index (χ1) is 13.0. The molecule has 1 aliphatic carbocycles. The number of hydrogen-bond donors (Lipinski definition) is 0. The molecule has 0 unspecified atom stereocenters. The topological polar surface area (TPSA) is 59.5 Å². The van der Waals surface area contributed by atoms with Gasteiger partial charge < -0.3 is 8.83 Å². The van der Waals surface area contributed by atoms with Gasteiger partial charge in [-0.05, 0) is 32.4 Å². The van der Waals surface area contributed by atoms with E-state index in [0.717, 1.165) is 52.2 Å². The van der Waals surface area contributed by atoms with Crippen LogP contribution in [-0.4, -0.2) is 17.9 Å². The summed E-state index contributed by atoms with van der Waals surface area (Å²) in [4.78, 5) is 20.6.